The number of rotatable bonds is 6. The van der Waals surface area contributed by atoms with Crippen LogP contribution in [0.5, 0.6) is 0 Å². The van der Waals surface area contributed by atoms with E-state index in [1.165, 1.54) is 16.2 Å². The van der Waals surface area contributed by atoms with Gasteiger partial charge in [0.15, 0.2) is 0 Å². The van der Waals surface area contributed by atoms with Crippen LogP contribution in [0.2, 0.25) is 0 Å². The van der Waals surface area contributed by atoms with Crippen molar-refractivity contribution in [1.82, 2.24) is 10.2 Å². The number of amides is 2. The summed E-state index contributed by atoms with van der Waals surface area (Å²) in [6, 6.07) is 1.56. The maximum Gasteiger partial charge on any atom is 0.323 e. The van der Waals surface area contributed by atoms with E-state index in [0.717, 1.165) is 9.35 Å². The lowest BCUT2D eigenvalue weighted by Crippen LogP contribution is -2.44. The number of carboxylic acids is 1. The lowest BCUT2D eigenvalue weighted by molar-refractivity contribution is -0.137. The van der Waals surface area contributed by atoms with Gasteiger partial charge in [0.05, 0.1) is 6.54 Å². The zero-order valence-corrected chi connectivity index (χ0v) is 13.3. The van der Waals surface area contributed by atoms with Gasteiger partial charge in [-0.1, -0.05) is 13.8 Å². The summed E-state index contributed by atoms with van der Waals surface area (Å²) >= 11 is 4.92. The normalized spacial score (nSPS) is 10.5. The molecule has 0 bridgehead atoms. The van der Waals surface area contributed by atoms with Crippen LogP contribution in [-0.4, -0.2) is 35.1 Å². The highest BCUT2D eigenvalue weighted by molar-refractivity contribution is 9.10. The Morgan fingerprint density at radius 1 is 1.53 bits per heavy atom. The molecule has 7 heteroatoms. The highest BCUT2D eigenvalue weighted by Crippen LogP contribution is 2.22. The van der Waals surface area contributed by atoms with Crippen LogP contribution in [0.4, 0.5) is 4.79 Å². The summed E-state index contributed by atoms with van der Waals surface area (Å²) in [6.07, 6.45) is 0. The van der Waals surface area contributed by atoms with Crippen LogP contribution in [0.3, 0.4) is 0 Å². The van der Waals surface area contributed by atoms with E-state index >= 15 is 0 Å². The Balaban J connectivity index is 2.56. The SMILES string of the molecule is CC(C)CN(CC(=O)O)C(=O)NCc1sccc1Br. The topological polar surface area (TPSA) is 69.6 Å². The second kappa shape index (κ2) is 7.49. The predicted molar refractivity (Wildman–Crippen MR) is 78.3 cm³/mol. The Bertz CT molecular complexity index is 448. The molecular formula is C12H17BrN2O3S. The summed E-state index contributed by atoms with van der Waals surface area (Å²) in [5.74, 6) is -0.785. The second-order valence-corrected chi connectivity index (χ2v) is 6.37. The molecule has 0 unspecified atom stereocenters. The number of thiophene rings is 1. The number of nitrogens with one attached hydrogen (secondary N) is 1. The standard InChI is InChI=1S/C12H17BrN2O3S/c1-8(2)6-15(7-11(16)17)12(18)14-5-10-9(13)3-4-19-10/h3-4,8H,5-7H2,1-2H3,(H,14,18)(H,16,17). The van der Waals surface area contributed by atoms with Crippen molar-refractivity contribution in [3.63, 3.8) is 0 Å². The minimum atomic E-state index is -1.01. The molecule has 1 rings (SSSR count). The Labute approximate surface area is 124 Å². The number of urea groups is 1. The summed E-state index contributed by atoms with van der Waals surface area (Å²) in [6.45, 7) is 4.42. The van der Waals surface area contributed by atoms with Gasteiger partial charge in [0.25, 0.3) is 0 Å². The average Bonchev–Trinajstić information content (AvgIpc) is 2.69. The lowest BCUT2D eigenvalue weighted by atomic mass is 10.2. The summed E-state index contributed by atoms with van der Waals surface area (Å²) in [5, 5.41) is 13.5. The van der Waals surface area contributed by atoms with Gasteiger partial charge in [-0.3, -0.25) is 4.79 Å². The van der Waals surface area contributed by atoms with Gasteiger partial charge < -0.3 is 15.3 Å². The van der Waals surface area contributed by atoms with Crippen molar-refractivity contribution < 1.29 is 14.7 Å². The van der Waals surface area contributed by atoms with Gasteiger partial charge in [-0.05, 0) is 33.3 Å². The van der Waals surface area contributed by atoms with Crippen molar-refractivity contribution in [2.45, 2.75) is 20.4 Å². The molecular weight excluding hydrogens is 332 g/mol. The highest BCUT2D eigenvalue weighted by atomic mass is 79.9. The van der Waals surface area contributed by atoms with E-state index in [9.17, 15) is 9.59 Å². The van der Waals surface area contributed by atoms with Crippen molar-refractivity contribution in [1.29, 1.82) is 0 Å². The fourth-order valence-corrected chi connectivity index (χ4v) is 2.97. The third-order valence-electron chi connectivity index (χ3n) is 2.29. The Hall–Kier alpha value is -1.08. The maximum atomic E-state index is 12.0. The number of halogens is 1. The number of aliphatic carboxylic acids is 1. The molecule has 106 valence electrons. The smallest absolute Gasteiger partial charge is 0.323 e. The molecule has 0 aliphatic heterocycles. The number of carbonyl (C=O) groups excluding carboxylic acids is 1. The molecule has 2 N–H and O–H groups in total. The van der Waals surface area contributed by atoms with E-state index in [1.54, 1.807) is 0 Å². The maximum absolute atomic E-state index is 12.0. The summed E-state index contributed by atoms with van der Waals surface area (Å²) < 4.78 is 0.950. The summed E-state index contributed by atoms with van der Waals surface area (Å²) in [7, 11) is 0. The van der Waals surface area contributed by atoms with Gasteiger partial charge in [-0.2, -0.15) is 0 Å². The van der Waals surface area contributed by atoms with Crippen LogP contribution in [0.1, 0.15) is 18.7 Å². The average molecular weight is 349 g/mol. The van der Waals surface area contributed by atoms with Crippen molar-refractivity contribution in [2.24, 2.45) is 5.92 Å². The first-order chi connectivity index (χ1) is 8.90. The first-order valence-corrected chi connectivity index (χ1v) is 7.53. The fraction of sp³-hybridized carbons (Fsp3) is 0.500. The van der Waals surface area contributed by atoms with Gasteiger partial charge in [0.1, 0.15) is 6.54 Å². The molecule has 0 saturated heterocycles. The van der Waals surface area contributed by atoms with Crippen LogP contribution in [0, 0.1) is 5.92 Å². The van der Waals surface area contributed by atoms with Crippen molar-refractivity contribution in [3.8, 4) is 0 Å². The molecule has 1 heterocycles. The molecule has 0 aromatic carbocycles. The first kappa shape index (κ1) is 16.0. The largest absolute Gasteiger partial charge is 0.480 e. The van der Waals surface area contributed by atoms with Crippen LogP contribution >= 0.6 is 27.3 Å². The van der Waals surface area contributed by atoms with Gasteiger partial charge in [-0.15, -0.1) is 11.3 Å². The van der Waals surface area contributed by atoms with Gasteiger partial charge >= 0.3 is 12.0 Å². The molecule has 1 aromatic heterocycles. The fourth-order valence-electron chi connectivity index (χ4n) is 1.54. The predicted octanol–water partition coefficient (Wildman–Crippen LogP) is 2.76. The zero-order valence-electron chi connectivity index (χ0n) is 10.9. The summed E-state index contributed by atoms with van der Waals surface area (Å²) in [5.41, 5.74) is 0. The van der Waals surface area contributed by atoms with Crippen LogP contribution in [0.25, 0.3) is 0 Å². The third-order valence-corrected chi connectivity index (χ3v) is 4.22. The Kier molecular flexibility index (Phi) is 6.30. The number of nitrogens with zero attached hydrogens (tertiary/aromatic N) is 1. The number of carbonyl (C=O) groups is 2. The van der Waals surface area contributed by atoms with E-state index in [-0.39, 0.29) is 18.5 Å². The molecule has 5 nitrogen and oxygen atoms in total. The van der Waals surface area contributed by atoms with Crippen LogP contribution in [-0.2, 0) is 11.3 Å². The molecule has 0 aliphatic carbocycles. The first-order valence-electron chi connectivity index (χ1n) is 5.86. The van der Waals surface area contributed by atoms with E-state index < -0.39 is 5.97 Å². The minimum Gasteiger partial charge on any atom is -0.480 e. The third kappa shape index (κ3) is 5.61. The van der Waals surface area contributed by atoms with Crippen molar-refractivity contribution in [2.75, 3.05) is 13.1 Å². The number of hydrogen-bond donors (Lipinski definition) is 2. The molecule has 0 aliphatic rings. The monoisotopic (exact) mass is 348 g/mol. The van der Waals surface area contributed by atoms with Crippen molar-refractivity contribution in [3.05, 3.63) is 20.8 Å². The Morgan fingerprint density at radius 3 is 2.68 bits per heavy atom. The number of hydrogen-bond acceptors (Lipinski definition) is 3. The highest BCUT2D eigenvalue weighted by Gasteiger charge is 2.17. The molecule has 0 spiro atoms. The molecule has 2 amide bonds. The van der Waals surface area contributed by atoms with Crippen LogP contribution in [0.15, 0.2) is 15.9 Å². The minimum absolute atomic E-state index is 0.221. The molecule has 0 fully saturated rings. The van der Waals surface area contributed by atoms with E-state index in [2.05, 4.69) is 21.2 Å². The van der Waals surface area contributed by atoms with Gasteiger partial charge in [0.2, 0.25) is 0 Å². The van der Waals surface area contributed by atoms with Crippen LogP contribution < -0.4 is 5.32 Å². The number of carboxylic acid groups (broad SMARTS) is 1. The van der Waals surface area contributed by atoms with Gasteiger partial charge in [-0.25, -0.2) is 4.79 Å². The molecule has 19 heavy (non-hydrogen) atoms. The Morgan fingerprint density at radius 2 is 2.21 bits per heavy atom. The zero-order chi connectivity index (χ0) is 14.4. The molecule has 0 radical (unpaired) electrons. The lowest BCUT2D eigenvalue weighted by Gasteiger charge is -2.23. The van der Waals surface area contributed by atoms with E-state index in [0.29, 0.717) is 13.1 Å². The summed E-state index contributed by atoms with van der Waals surface area (Å²) in [4.78, 5) is 25.0. The van der Waals surface area contributed by atoms with Crippen molar-refractivity contribution >= 4 is 39.3 Å². The molecule has 1 aromatic rings. The van der Waals surface area contributed by atoms with E-state index in [4.69, 9.17) is 5.11 Å². The second-order valence-electron chi connectivity index (χ2n) is 4.52. The van der Waals surface area contributed by atoms with Gasteiger partial charge in [0, 0.05) is 15.9 Å². The molecule has 0 atom stereocenters. The molecule has 0 saturated carbocycles. The van der Waals surface area contributed by atoms with E-state index in [1.807, 2.05) is 25.3 Å². The quantitative estimate of drug-likeness (QED) is 0.830.